The van der Waals surface area contributed by atoms with Gasteiger partial charge in [0.25, 0.3) is 0 Å². The van der Waals surface area contributed by atoms with Gasteiger partial charge in [0, 0.05) is 0 Å². The van der Waals surface area contributed by atoms with E-state index in [4.69, 9.17) is 0 Å². The highest BCUT2D eigenvalue weighted by atomic mass is 32.1. The van der Waals surface area contributed by atoms with E-state index in [1.54, 1.807) is 0 Å². The van der Waals surface area contributed by atoms with Crippen molar-refractivity contribution in [3.05, 3.63) is 0 Å². The van der Waals surface area contributed by atoms with E-state index in [1.165, 1.54) is 372 Å². The molecule has 0 amide bonds. The van der Waals surface area contributed by atoms with Gasteiger partial charge in [0.2, 0.25) is 0 Å². The topological polar surface area (TPSA) is 0 Å². The van der Waals surface area contributed by atoms with Crippen LogP contribution in [0.25, 0.3) is 0 Å². The van der Waals surface area contributed by atoms with Crippen LogP contribution in [0.4, 0.5) is 0 Å². The minimum absolute atomic E-state index is 1.07. The van der Waals surface area contributed by atoms with Crippen molar-refractivity contribution in [1.29, 1.82) is 0 Å². The number of hydrogen-bond donors (Lipinski definition) is 1. The molecule has 0 fully saturated rings. The highest BCUT2D eigenvalue weighted by molar-refractivity contribution is 7.80. The summed E-state index contributed by atoms with van der Waals surface area (Å²) >= 11 is 4.30. The Hall–Kier alpha value is 0.350. The maximum Gasteiger partial charge on any atom is -0.00979 e. The Morgan fingerprint density at radius 1 is 0.131 bits per heavy atom. The zero-order chi connectivity index (χ0) is 43.7. The van der Waals surface area contributed by atoms with E-state index in [-0.39, 0.29) is 0 Å². The Kier molecular flexibility index (Phi) is 60.7. The summed E-state index contributed by atoms with van der Waals surface area (Å²) in [6.45, 7) is 2.31. The molecule has 0 spiro atoms. The van der Waals surface area contributed by atoms with Crippen LogP contribution < -0.4 is 0 Å². The van der Waals surface area contributed by atoms with Crippen LogP contribution in [0.1, 0.15) is 379 Å². The van der Waals surface area contributed by atoms with Crippen molar-refractivity contribution in [2.24, 2.45) is 0 Å². The van der Waals surface area contributed by atoms with Gasteiger partial charge in [-0.2, -0.15) is 12.6 Å². The van der Waals surface area contributed by atoms with E-state index in [1.807, 2.05) is 0 Å². The Balaban J connectivity index is 3.06. The zero-order valence-electron chi connectivity index (χ0n) is 43.2. The molecule has 0 radical (unpaired) electrons. The predicted molar refractivity (Wildman–Crippen MR) is 287 cm³/mol. The maximum absolute atomic E-state index is 4.30. The highest BCUT2D eigenvalue weighted by Gasteiger charge is 2.00. The van der Waals surface area contributed by atoms with Crippen LogP contribution in [-0.4, -0.2) is 5.75 Å². The van der Waals surface area contributed by atoms with Gasteiger partial charge in [-0.25, -0.2) is 0 Å². The van der Waals surface area contributed by atoms with Crippen LogP contribution >= 0.6 is 12.6 Å². The fourth-order valence-electron chi connectivity index (χ4n) is 10.1. The minimum atomic E-state index is 1.07. The van der Waals surface area contributed by atoms with Crippen LogP contribution in [0.2, 0.25) is 0 Å². The van der Waals surface area contributed by atoms with Gasteiger partial charge in [0.05, 0.1) is 0 Å². The first-order valence-electron chi connectivity index (χ1n) is 30.0. The Morgan fingerprint density at radius 3 is 0.295 bits per heavy atom. The first-order chi connectivity index (χ1) is 30.4. The molecule has 0 heterocycles. The SMILES string of the molecule is CCCCCCCCCCCCCCCCCCCCCCCCCCCCCCCCCCCCCCCCCCCCCCCCCCCCCCCCCCCCS. The molecule has 0 rings (SSSR count). The Bertz CT molecular complexity index is 644. The van der Waals surface area contributed by atoms with Crippen molar-refractivity contribution in [1.82, 2.24) is 0 Å². The molecule has 0 aliphatic carbocycles. The molecule has 61 heavy (non-hydrogen) atoms. The standard InChI is InChI=1S/C60H122S/c1-2-3-4-5-6-7-8-9-10-11-12-13-14-15-16-17-18-19-20-21-22-23-24-25-26-27-28-29-30-31-32-33-34-35-36-37-38-39-40-41-42-43-44-45-46-47-48-49-50-51-52-53-54-55-56-57-58-59-60-61/h61H,2-60H2,1H3. The lowest BCUT2D eigenvalue weighted by Crippen LogP contribution is -1.85. The average Bonchev–Trinajstić information content (AvgIpc) is 3.27. The minimum Gasteiger partial charge on any atom is -0.179 e. The van der Waals surface area contributed by atoms with E-state index in [0.717, 1.165) is 5.75 Å². The van der Waals surface area contributed by atoms with Crippen molar-refractivity contribution in [3.8, 4) is 0 Å². The van der Waals surface area contributed by atoms with E-state index in [2.05, 4.69) is 19.6 Å². The molecule has 0 aromatic carbocycles. The summed E-state index contributed by atoms with van der Waals surface area (Å²) in [5.41, 5.74) is 0. The molecule has 0 nitrogen and oxygen atoms in total. The van der Waals surface area contributed by atoms with Gasteiger partial charge in [-0.15, -0.1) is 0 Å². The van der Waals surface area contributed by atoms with E-state index >= 15 is 0 Å². The number of unbranched alkanes of at least 4 members (excludes halogenated alkanes) is 57. The molecule has 0 unspecified atom stereocenters. The third kappa shape index (κ3) is 60.3. The van der Waals surface area contributed by atoms with E-state index in [0.29, 0.717) is 0 Å². The summed E-state index contributed by atoms with van der Waals surface area (Å²) in [7, 11) is 0. The summed E-state index contributed by atoms with van der Waals surface area (Å²) in [6.07, 6.45) is 86.0. The molecule has 0 saturated heterocycles. The Labute approximate surface area is 395 Å². The molecular weight excluding hydrogens is 753 g/mol. The fraction of sp³-hybridized carbons (Fsp3) is 1.00. The average molecular weight is 876 g/mol. The first-order valence-corrected chi connectivity index (χ1v) is 30.7. The fourth-order valence-corrected chi connectivity index (χ4v) is 10.3. The quantitative estimate of drug-likeness (QED) is 0.0457. The van der Waals surface area contributed by atoms with Crippen LogP contribution in [-0.2, 0) is 0 Å². The van der Waals surface area contributed by atoms with Gasteiger partial charge in [-0.05, 0) is 12.2 Å². The molecule has 0 aliphatic heterocycles. The molecule has 0 aliphatic rings. The summed E-state index contributed by atoms with van der Waals surface area (Å²) in [6, 6.07) is 0. The summed E-state index contributed by atoms with van der Waals surface area (Å²) in [5.74, 6) is 1.07. The van der Waals surface area contributed by atoms with Crippen LogP contribution in [0.15, 0.2) is 0 Å². The third-order valence-corrected chi connectivity index (χ3v) is 14.8. The molecule has 0 N–H and O–H groups in total. The van der Waals surface area contributed by atoms with Gasteiger partial charge in [-0.1, -0.05) is 373 Å². The van der Waals surface area contributed by atoms with Crippen molar-refractivity contribution in [3.63, 3.8) is 0 Å². The number of hydrogen-bond acceptors (Lipinski definition) is 1. The summed E-state index contributed by atoms with van der Waals surface area (Å²) < 4.78 is 0. The third-order valence-electron chi connectivity index (χ3n) is 14.5. The van der Waals surface area contributed by atoms with Crippen LogP contribution in [0.5, 0.6) is 0 Å². The molecule has 368 valence electrons. The molecule has 0 aromatic heterocycles. The lowest BCUT2D eigenvalue weighted by atomic mass is 10.0. The van der Waals surface area contributed by atoms with Gasteiger partial charge >= 0.3 is 0 Å². The Morgan fingerprint density at radius 2 is 0.213 bits per heavy atom. The lowest BCUT2D eigenvalue weighted by molar-refractivity contribution is 0.507. The van der Waals surface area contributed by atoms with E-state index < -0.39 is 0 Å². The van der Waals surface area contributed by atoms with Gasteiger partial charge in [0.15, 0.2) is 0 Å². The maximum atomic E-state index is 4.30. The van der Waals surface area contributed by atoms with E-state index in [9.17, 15) is 0 Å². The summed E-state index contributed by atoms with van der Waals surface area (Å²) in [5, 5.41) is 0. The van der Waals surface area contributed by atoms with Crippen molar-refractivity contribution in [2.45, 2.75) is 379 Å². The predicted octanol–water partition coefficient (Wildman–Crippen LogP) is 23.6. The monoisotopic (exact) mass is 875 g/mol. The molecule has 0 saturated carbocycles. The molecular formula is C60H122S. The first kappa shape index (κ1) is 61.4. The molecule has 0 atom stereocenters. The second-order valence-corrected chi connectivity index (χ2v) is 21.3. The van der Waals surface area contributed by atoms with Crippen LogP contribution in [0.3, 0.4) is 0 Å². The zero-order valence-corrected chi connectivity index (χ0v) is 44.1. The van der Waals surface area contributed by atoms with Gasteiger partial charge < -0.3 is 0 Å². The molecule has 0 aromatic rings. The number of rotatable bonds is 58. The number of thiol groups is 1. The van der Waals surface area contributed by atoms with Crippen molar-refractivity contribution >= 4 is 12.6 Å². The molecule has 1 heteroatoms. The van der Waals surface area contributed by atoms with Crippen molar-refractivity contribution < 1.29 is 0 Å². The smallest absolute Gasteiger partial charge is 0.00979 e. The normalized spacial score (nSPS) is 11.7. The second kappa shape index (κ2) is 60.4. The molecule has 0 bridgehead atoms. The summed E-state index contributed by atoms with van der Waals surface area (Å²) in [4.78, 5) is 0. The lowest BCUT2D eigenvalue weighted by Gasteiger charge is -2.05. The van der Waals surface area contributed by atoms with Crippen molar-refractivity contribution in [2.75, 3.05) is 5.75 Å². The second-order valence-electron chi connectivity index (χ2n) is 20.9. The largest absolute Gasteiger partial charge is 0.179 e. The van der Waals surface area contributed by atoms with Crippen LogP contribution in [0, 0.1) is 0 Å². The van der Waals surface area contributed by atoms with Gasteiger partial charge in [0.1, 0.15) is 0 Å². The highest BCUT2D eigenvalue weighted by Crippen LogP contribution is 2.19. The van der Waals surface area contributed by atoms with Gasteiger partial charge in [-0.3, -0.25) is 0 Å².